The minimum absolute atomic E-state index is 0.0750. The van der Waals surface area contributed by atoms with Crippen LogP contribution in [0.5, 0.6) is 0 Å². The monoisotopic (exact) mass is 263 g/mol. The smallest absolute Gasteiger partial charge is 0.337 e. The van der Waals surface area contributed by atoms with E-state index in [4.69, 9.17) is 16.7 Å². The van der Waals surface area contributed by atoms with E-state index in [9.17, 15) is 4.79 Å². The topological polar surface area (TPSA) is 75.1 Å². The lowest BCUT2D eigenvalue weighted by molar-refractivity contribution is 0.0697. The number of rotatable bonds is 4. The summed E-state index contributed by atoms with van der Waals surface area (Å²) in [6, 6.07) is 4.77. The summed E-state index contributed by atoms with van der Waals surface area (Å²) in [4.78, 5) is 18.7. The van der Waals surface area contributed by atoms with Gasteiger partial charge in [-0.25, -0.2) is 14.8 Å². The first-order valence-electron chi connectivity index (χ1n) is 5.17. The van der Waals surface area contributed by atoms with Gasteiger partial charge in [0.1, 0.15) is 6.33 Å². The van der Waals surface area contributed by atoms with Crippen LogP contribution in [0.3, 0.4) is 0 Å². The molecule has 5 nitrogen and oxygen atoms in total. The predicted octanol–water partition coefficient (Wildman–Crippen LogP) is 2.44. The second kappa shape index (κ2) is 5.46. The molecule has 0 aliphatic heterocycles. The third-order valence-electron chi connectivity index (χ3n) is 2.31. The lowest BCUT2D eigenvalue weighted by atomic mass is 10.2. The number of anilines is 1. The van der Waals surface area contributed by atoms with Crippen molar-refractivity contribution < 1.29 is 9.90 Å². The fraction of sp³-hybridized carbons (Fsp3) is 0.0833. The van der Waals surface area contributed by atoms with Crippen LogP contribution >= 0.6 is 11.6 Å². The van der Waals surface area contributed by atoms with E-state index in [1.807, 2.05) is 0 Å². The fourth-order valence-corrected chi connectivity index (χ4v) is 1.62. The molecule has 0 bridgehead atoms. The summed E-state index contributed by atoms with van der Waals surface area (Å²) in [7, 11) is 0. The maximum Gasteiger partial charge on any atom is 0.337 e. The zero-order valence-electron chi connectivity index (χ0n) is 9.30. The van der Waals surface area contributed by atoms with Crippen molar-refractivity contribution in [3.63, 3.8) is 0 Å². The lowest BCUT2D eigenvalue weighted by Gasteiger charge is -2.07. The molecule has 6 heteroatoms. The first kappa shape index (κ1) is 12.3. The number of aromatic nitrogens is 2. The van der Waals surface area contributed by atoms with Gasteiger partial charge in [0.25, 0.3) is 0 Å². The molecule has 0 aliphatic rings. The summed E-state index contributed by atoms with van der Waals surface area (Å²) in [5.41, 5.74) is 1.66. The summed E-state index contributed by atoms with van der Waals surface area (Å²) in [5, 5.41) is 12.2. The number of nitrogens with one attached hydrogen (secondary N) is 1. The van der Waals surface area contributed by atoms with Gasteiger partial charge in [-0.15, -0.1) is 0 Å². The zero-order valence-corrected chi connectivity index (χ0v) is 10.1. The van der Waals surface area contributed by atoms with Gasteiger partial charge >= 0.3 is 5.97 Å². The number of carboxylic acid groups (broad SMARTS) is 1. The molecule has 0 radical (unpaired) electrons. The molecule has 18 heavy (non-hydrogen) atoms. The second-order valence-corrected chi connectivity index (χ2v) is 4.01. The van der Waals surface area contributed by atoms with Crippen LogP contribution in [0.2, 0.25) is 5.02 Å². The molecule has 2 rings (SSSR count). The number of carboxylic acids is 1. The predicted molar refractivity (Wildman–Crippen MR) is 67.8 cm³/mol. The third kappa shape index (κ3) is 2.95. The number of nitrogens with zero attached hydrogens (tertiary/aromatic N) is 2. The van der Waals surface area contributed by atoms with Crippen LogP contribution in [0, 0.1) is 0 Å². The van der Waals surface area contributed by atoms with Crippen molar-refractivity contribution in [3.05, 3.63) is 53.1 Å². The molecule has 1 aromatic heterocycles. The van der Waals surface area contributed by atoms with Crippen LogP contribution in [-0.4, -0.2) is 21.0 Å². The molecule has 0 spiro atoms. The largest absolute Gasteiger partial charge is 0.478 e. The van der Waals surface area contributed by atoms with E-state index in [2.05, 4.69) is 15.3 Å². The van der Waals surface area contributed by atoms with Gasteiger partial charge in [-0.05, 0) is 18.2 Å². The average Bonchev–Trinajstić information content (AvgIpc) is 2.38. The van der Waals surface area contributed by atoms with Gasteiger partial charge in [-0.2, -0.15) is 0 Å². The van der Waals surface area contributed by atoms with E-state index in [1.54, 1.807) is 24.5 Å². The lowest BCUT2D eigenvalue weighted by Crippen LogP contribution is -2.03. The first-order chi connectivity index (χ1) is 8.66. The SMILES string of the molecule is O=C(O)c1cc(NCc2cncnc2)ccc1Cl. The van der Waals surface area contributed by atoms with Crippen LogP contribution in [0.4, 0.5) is 5.69 Å². The van der Waals surface area contributed by atoms with Crippen LogP contribution in [0.15, 0.2) is 36.9 Å². The minimum atomic E-state index is -1.05. The van der Waals surface area contributed by atoms with E-state index in [1.165, 1.54) is 12.4 Å². The Morgan fingerprint density at radius 1 is 1.33 bits per heavy atom. The molecule has 0 aliphatic carbocycles. The van der Waals surface area contributed by atoms with Gasteiger partial charge < -0.3 is 10.4 Å². The maximum absolute atomic E-state index is 10.9. The molecule has 0 unspecified atom stereocenters. The Kier molecular flexibility index (Phi) is 3.74. The number of halogens is 1. The number of aromatic carboxylic acids is 1. The Morgan fingerprint density at radius 2 is 2.06 bits per heavy atom. The highest BCUT2D eigenvalue weighted by atomic mass is 35.5. The number of carbonyl (C=O) groups is 1. The molecule has 0 saturated carbocycles. The molecule has 1 heterocycles. The van der Waals surface area contributed by atoms with Gasteiger partial charge in [0.05, 0.1) is 10.6 Å². The van der Waals surface area contributed by atoms with Crippen LogP contribution < -0.4 is 5.32 Å². The van der Waals surface area contributed by atoms with E-state index < -0.39 is 5.97 Å². The molecule has 1 aromatic carbocycles. The summed E-state index contributed by atoms with van der Waals surface area (Å²) >= 11 is 5.78. The van der Waals surface area contributed by atoms with Crippen molar-refractivity contribution in [1.29, 1.82) is 0 Å². The summed E-state index contributed by atoms with van der Waals surface area (Å²) in [6.07, 6.45) is 4.83. The van der Waals surface area contributed by atoms with E-state index >= 15 is 0 Å². The molecular weight excluding hydrogens is 254 g/mol. The number of benzene rings is 1. The van der Waals surface area contributed by atoms with Crippen LogP contribution in [0.25, 0.3) is 0 Å². The molecule has 2 N–H and O–H groups in total. The fourth-order valence-electron chi connectivity index (χ4n) is 1.42. The first-order valence-corrected chi connectivity index (χ1v) is 5.55. The standard InChI is InChI=1S/C12H10ClN3O2/c13-11-2-1-9(3-10(11)12(17)18)16-6-8-4-14-7-15-5-8/h1-5,7,16H,6H2,(H,17,18). The average molecular weight is 264 g/mol. The highest BCUT2D eigenvalue weighted by Crippen LogP contribution is 2.20. The second-order valence-electron chi connectivity index (χ2n) is 3.60. The Hall–Kier alpha value is -2.14. The van der Waals surface area contributed by atoms with Crippen molar-refractivity contribution in [3.8, 4) is 0 Å². The molecular formula is C12H10ClN3O2. The minimum Gasteiger partial charge on any atom is -0.478 e. The third-order valence-corrected chi connectivity index (χ3v) is 2.64. The Labute approximate surface area is 108 Å². The normalized spacial score (nSPS) is 10.1. The summed E-state index contributed by atoms with van der Waals surface area (Å²) < 4.78 is 0. The van der Waals surface area contributed by atoms with Gasteiger partial charge in [-0.3, -0.25) is 0 Å². The number of hydrogen-bond acceptors (Lipinski definition) is 4. The Morgan fingerprint density at radius 3 is 2.72 bits per heavy atom. The highest BCUT2D eigenvalue weighted by Gasteiger charge is 2.09. The van der Waals surface area contributed by atoms with E-state index in [0.717, 1.165) is 5.56 Å². The molecule has 92 valence electrons. The quantitative estimate of drug-likeness (QED) is 0.886. The summed E-state index contributed by atoms with van der Waals surface area (Å²) in [6.45, 7) is 0.515. The summed E-state index contributed by atoms with van der Waals surface area (Å²) in [5.74, 6) is -1.05. The molecule has 0 amide bonds. The molecule has 2 aromatic rings. The van der Waals surface area contributed by atoms with Gasteiger partial charge in [0, 0.05) is 30.2 Å². The van der Waals surface area contributed by atoms with Crippen molar-refractivity contribution >= 4 is 23.3 Å². The molecule has 0 saturated heterocycles. The highest BCUT2D eigenvalue weighted by molar-refractivity contribution is 6.33. The van der Waals surface area contributed by atoms with Crippen molar-refractivity contribution in [2.24, 2.45) is 0 Å². The van der Waals surface area contributed by atoms with E-state index in [0.29, 0.717) is 12.2 Å². The van der Waals surface area contributed by atoms with Crippen molar-refractivity contribution in [1.82, 2.24) is 9.97 Å². The molecule has 0 atom stereocenters. The van der Waals surface area contributed by atoms with E-state index in [-0.39, 0.29) is 10.6 Å². The maximum atomic E-state index is 10.9. The molecule has 0 fully saturated rings. The van der Waals surface area contributed by atoms with Crippen molar-refractivity contribution in [2.75, 3.05) is 5.32 Å². The van der Waals surface area contributed by atoms with Crippen LogP contribution in [0.1, 0.15) is 15.9 Å². The Bertz CT molecular complexity index is 561. The van der Waals surface area contributed by atoms with Crippen molar-refractivity contribution in [2.45, 2.75) is 6.54 Å². The zero-order chi connectivity index (χ0) is 13.0. The number of hydrogen-bond donors (Lipinski definition) is 2. The Balaban J connectivity index is 2.11. The van der Waals surface area contributed by atoms with Gasteiger partial charge in [0.2, 0.25) is 0 Å². The van der Waals surface area contributed by atoms with Crippen LogP contribution in [-0.2, 0) is 6.54 Å². The van der Waals surface area contributed by atoms with Gasteiger partial charge in [0.15, 0.2) is 0 Å². The van der Waals surface area contributed by atoms with Gasteiger partial charge in [-0.1, -0.05) is 11.6 Å².